The lowest BCUT2D eigenvalue weighted by Crippen LogP contribution is -2.42. The van der Waals surface area contributed by atoms with Gasteiger partial charge in [0.25, 0.3) is 0 Å². The monoisotopic (exact) mass is 351 g/mol. The van der Waals surface area contributed by atoms with Crippen LogP contribution in [0.3, 0.4) is 0 Å². The number of hydrogen-bond donors (Lipinski definition) is 3. The second-order valence-corrected chi connectivity index (χ2v) is 11.1. The average Bonchev–Trinajstić information content (AvgIpc) is 2.75. The Bertz CT molecular complexity index is 683. The highest BCUT2D eigenvalue weighted by Crippen LogP contribution is 2.38. The number of aliphatic hydroxyl groups is 2. The van der Waals surface area contributed by atoms with Crippen molar-refractivity contribution < 1.29 is 14.9 Å². The molecule has 2 aliphatic heterocycles. The van der Waals surface area contributed by atoms with Gasteiger partial charge in [-0.3, -0.25) is 0 Å². The van der Waals surface area contributed by atoms with Crippen molar-refractivity contribution in [2.45, 2.75) is 37.9 Å². The molecule has 0 amide bonds. The summed E-state index contributed by atoms with van der Waals surface area (Å²) < 4.78 is 5.91. The van der Waals surface area contributed by atoms with Crippen LogP contribution in [-0.2, 0) is 4.74 Å². The van der Waals surface area contributed by atoms with Gasteiger partial charge in [-0.2, -0.15) is 0 Å². The molecule has 6 nitrogen and oxygen atoms in total. The average molecular weight is 351 g/mol. The van der Waals surface area contributed by atoms with Gasteiger partial charge >= 0.3 is 0 Å². The molecule has 1 fully saturated rings. The molecule has 0 spiro atoms. The van der Waals surface area contributed by atoms with E-state index in [1.165, 1.54) is 0 Å². The van der Waals surface area contributed by atoms with E-state index >= 15 is 0 Å². The lowest BCUT2D eigenvalue weighted by Gasteiger charge is -2.31. The molecule has 7 heteroatoms. The molecule has 0 aromatic heterocycles. The Hall–Kier alpha value is -1.51. The van der Waals surface area contributed by atoms with Crippen LogP contribution in [0, 0.1) is 11.8 Å². The number of ether oxygens (including phenoxy) is 1. The van der Waals surface area contributed by atoms with Gasteiger partial charge in [0.2, 0.25) is 0 Å². The summed E-state index contributed by atoms with van der Waals surface area (Å²) in [6.07, 6.45) is 4.09. The lowest BCUT2D eigenvalue weighted by molar-refractivity contribution is -0.0579. The SMILES string of the molecule is C=C1N=C(N)C(C#CC)=CN1C1O[C@H](CCP(=C)(C)C)[C@@H](O)[C@H]1O. The highest BCUT2D eigenvalue weighted by Gasteiger charge is 2.45. The van der Waals surface area contributed by atoms with Gasteiger partial charge in [-0.05, 0) is 32.8 Å². The minimum atomic E-state index is -1.23. The third-order valence-corrected chi connectivity index (χ3v) is 5.45. The molecule has 0 bridgehead atoms. The van der Waals surface area contributed by atoms with E-state index in [-0.39, 0.29) is 5.84 Å². The predicted molar refractivity (Wildman–Crippen MR) is 100 cm³/mol. The number of rotatable bonds is 4. The molecule has 0 aliphatic carbocycles. The van der Waals surface area contributed by atoms with Crippen molar-refractivity contribution in [3.8, 4) is 11.8 Å². The third kappa shape index (κ3) is 4.12. The molecule has 24 heavy (non-hydrogen) atoms. The van der Waals surface area contributed by atoms with Crippen LogP contribution in [-0.4, -0.2) is 71.3 Å². The normalized spacial score (nSPS) is 30.5. The van der Waals surface area contributed by atoms with E-state index in [0.29, 0.717) is 17.8 Å². The highest BCUT2D eigenvalue weighted by molar-refractivity contribution is 7.72. The summed E-state index contributed by atoms with van der Waals surface area (Å²) in [4.78, 5) is 5.73. The molecule has 1 unspecified atom stereocenters. The summed E-state index contributed by atoms with van der Waals surface area (Å²) in [6.45, 7) is 8.58. The molecular weight excluding hydrogens is 325 g/mol. The first-order valence-electron chi connectivity index (χ1n) is 7.79. The van der Waals surface area contributed by atoms with Gasteiger partial charge in [-0.15, -0.1) is 19.1 Å². The summed E-state index contributed by atoms with van der Waals surface area (Å²) in [6, 6.07) is 0. The molecule has 4 atom stereocenters. The topological polar surface area (TPSA) is 91.3 Å². The van der Waals surface area contributed by atoms with E-state index in [0.717, 1.165) is 6.16 Å². The van der Waals surface area contributed by atoms with Crippen LogP contribution < -0.4 is 5.73 Å². The van der Waals surface area contributed by atoms with Crippen molar-refractivity contribution in [3.05, 3.63) is 24.2 Å². The number of aliphatic imine (C=N–C) groups is 1. The van der Waals surface area contributed by atoms with Gasteiger partial charge in [0.1, 0.15) is 23.9 Å². The number of amidine groups is 1. The van der Waals surface area contributed by atoms with Crippen LogP contribution in [0.1, 0.15) is 13.3 Å². The van der Waals surface area contributed by atoms with Gasteiger partial charge in [0.05, 0.1) is 11.7 Å². The molecular formula is C17H26N3O3P. The number of aliphatic hydroxyl groups excluding tert-OH is 2. The van der Waals surface area contributed by atoms with E-state index in [2.05, 4.69) is 43.0 Å². The molecule has 0 radical (unpaired) electrons. The van der Waals surface area contributed by atoms with Crippen molar-refractivity contribution in [1.29, 1.82) is 0 Å². The summed E-state index contributed by atoms with van der Waals surface area (Å²) in [5.74, 6) is 6.25. The Labute approximate surface area is 143 Å². The maximum Gasteiger partial charge on any atom is 0.164 e. The fourth-order valence-corrected chi connectivity index (χ4v) is 3.62. The molecule has 0 aromatic rings. The molecule has 2 aliphatic rings. The first kappa shape index (κ1) is 18.8. The molecule has 0 aromatic carbocycles. The van der Waals surface area contributed by atoms with Crippen LogP contribution in [0.5, 0.6) is 0 Å². The van der Waals surface area contributed by atoms with Crippen molar-refractivity contribution in [1.82, 2.24) is 4.90 Å². The molecule has 2 heterocycles. The van der Waals surface area contributed by atoms with Gasteiger partial charge in [0.15, 0.2) is 6.23 Å². The van der Waals surface area contributed by atoms with E-state index in [1.54, 1.807) is 18.0 Å². The number of nitrogens with zero attached hydrogens (tertiary/aromatic N) is 2. The first-order valence-corrected chi connectivity index (χ1v) is 10.8. The van der Waals surface area contributed by atoms with Gasteiger partial charge in [0, 0.05) is 6.20 Å². The minimum absolute atomic E-state index is 0.277. The number of nitrogens with two attached hydrogens (primary N) is 1. The largest absolute Gasteiger partial charge is 0.388 e. The lowest BCUT2D eigenvalue weighted by atomic mass is 10.1. The van der Waals surface area contributed by atoms with Gasteiger partial charge in [-0.1, -0.05) is 12.5 Å². The number of hydrogen-bond acceptors (Lipinski definition) is 6. The maximum atomic E-state index is 10.4. The first-order chi connectivity index (χ1) is 11.1. The zero-order valence-corrected chi connectivity index (χ0v) is 15.3. The van der Waals surface area contributed by atoms with Crippen molar-refractivity contribution in [3.63, 3.8) is 0 Å². The summed E-state index contributed by atoms with van der Waals surface area (Å²) in [5.41, 5.74) is 6.37. The van der Waals surface area contributed by atoms with Crippen LogP contribution in [0.15, 0.2) is 29.2 Å². The summed E-state index contributed by atoms with van der Waals surface area (Å²) in [7, 11) is 0. The molecule has 132 valence electrons. The second-order valence-electron chi connectivity index (χ2n) is 6.73. The van der Waals surface area contributed by atoms with Gasteiger partial charge in [-0.25, -0.2) is 4.99 Å². The molecule has 2 rings (SSSR count). The Morgan fingerprint density at radius 3 is 2.67 bits per heavy atom. The molecule has 0 saturated carbocycles. The fourth-order valence-electron chi connectivity index (χ4n) is 2.66. The van der Waals surface area contributed by atoms with E-state index in [1.807, 2.05) is 0 Å². The van der Waals surface area contributed by atoms with Gasteiger partial charge < -0.3 is 25.6 Å². The Morgan fingerprint density at radius 2 is 2.08 bits per heavy atom. The van der Waals surface area contributed by atoms with E-state index in [4.69, 9.17) is 10.5 Å². The van der Waals surface area contributed by atoms with Crippen molar-refractivity contribution in [2.75, 3.05) is 19.5 Å². The Kier molecular flexibility index (Phi) is 5.62. The maximum absolute atomic E-state index is 10.4. The summed E-state index contributed by atoms with van der Waals surface area (Å²) >= 11 is 0. The highest BCUT2D eigenvalue weighted by atomic mass is 31.2. The van der Waals surface area contributed by atoms with Crippen LogP contribution in [0.2, 0.25) is 0 Å². The quantitative estimate of drug-likeness (QED) is 0.509. The Balaban J connectivity index is 2.18. The summed E-state index contributed by atoms with van der Waals surface area (Å²) in [5, 5.41) is 20.7. The zero-order chi connectivity index (χ0) is 18.1. The molecule has 4 N–H and O–H groups in total. The van der Waals surface area contributed by atoms with Crippen LogP contribution in [0.25, 0.3) is 0 Å². The zero-order valence-electron chi connectivity index (χ0n) is 14.4. The molecule has 1 saturated heterocycles. The van der Waals surface area contributed by atoms with Crippen molar-refractivity contribution >= 4 is 19.0 Å². The van der Waals surface area contributed by atoms with Crippen LogP contribution >= 0.6 is 6.89 Å². The third-order valence-electron chi connectivity index (χ3n) is 3.98. The Morgan fingerprint density at radius 1 is 1.42 bits per heavy atom. The predicted octanol–water partition coefficient (Wildman–Crippen LogP) is 0.584. The smallest absolute Gasteiger partial charge is 0.164 e. The second kappa shape index (κ2) is 7.16. The van der Waals surface area contributed by atoms with E-state index in [9.17, 15) is 10.2 Å². The minimum Gasteiger partial charge on any atom is -0.388 e. The van der Waals surface area contributed by atoms with Crippen LogP contribution in [0.4, 0.5) is 0 Å². The van der Waals surface area contributed by atoms with E-state index < -0.39 is 31.4 Å². The van der Waals surface area contributed by atoms with Crippen molar-refractivity contribution in [2.24, 2.45) is 10.7 Å². The fraction of sp³-hybridized carbons (Fsp3) is 0.529. The standard InChI is InChI=1S/C17H26N3O3P/c1-6-7-12-10-20(11(2)19-16(12)18)17-15(22)14(21)13(23-17)8-9-24(3,4)5/h10,13-15,17,21-22H,2-3,8-9H2,1,4-5H3,(H2,18,19)/t13-,14-,15-,17?/m1/s1.